The molecule has 0 spiro atoms. The van der Waals surface area contributed by atoms with Crippen molar-refractivity contribution in [2.45, 2.75) is 30.6 Å². The van der Waals surface area contributed by atoms with E-state index in [1.165, 1.54) is 6.92 Å². The van der Waals surface area contributed by atoms with Gasteiger partial charge in [0.25, 0.3) is 10.0 Å². The van der Waals surface area contributed by atoms with Gasteiger partial charge in [-0.2, -0.15) is 0 Å². The van der Waals surface area contributed by atoms with E-state index in [1.807, 2.05) is 49.4 Å². The second-order valence-corrected chi connectivity index (χ2v) is 9.15. The van der Waals surface area contributed by atoms with E-state index < -0.39 is 10.0 Å². The van der Waals surface area contributed by atoms with Crippen LogP contribution in [-0.2, 0) is 21.4 Å². The molecule has 3 aromatic rings. The van der Waals surface area contributed by atoms with Gasteiger partial charge >= 0.3 is 0 Å². The molecule has 1 heterocycles. The number of hydrogen-bond acceptors (Lipinski definition) is 4. The first-order valence-corrected chi connectivity index (χ1v) is 10.5. The first-order chi connectivity index (χ1) is 12.4. The van der Waals surface area contributed by atoms with Gasteiger partial charge < -0.3 is 5.32 Å². The van der Waals surface area contributed by atoms with Crippen molar-refractivity contribution >= 4 is 38.0 Å². The highest BCUT2D eigenvalue weighted by Crippen LogP contribution is 2.27. The Bertz CT molecular complexity index is 1040. The topological polar surface area (TPSA) is 75.3 Å². The van der Waals surface area contributed by atoms with Gasteiger partial charge in [0.2, 0.25) is 5.91 Å². The second-order valence-electron chi connectivity index (χ2n) is 6.04. The fourth-order valence-corrected chi connectivity index (χ4v) is 5.33. The van der Waals surface area contributed by atoms with Gasteiger partial charge in [-0.3, -0.25) is 4.79 Å². The Morgan fingerprint density at radius 1 is 1.08 bits per heavy atom. The van der Waals surface area contributed by atoms with Crippen LogP contribution < -0.4 is 10.0 Å². The fourth-order valence-electron chi connectivity index (χ4n) is 2.79. The third-order valence-corrected chi connectivity index (χ3v) is 7.15. The van der Waals surface area contributed by atoms with E-state index in [9.17, 15) is 13.2 Å². The van der Waals surface area contributed by atoms with Crippen LogP contribution in [0, 0.1) is 0 Å². The summed E-state index contributed by atoms with van der Waals surface area (Å²) in [6, 6.07) is 16.7. The molecule has 1 atom stereocenters. The SMILES string of the molecule is CC(=O)NCc1ccc(S(=O)(=O)NC(C)c2cccc3ccccc23)s1. The van der Waals surface area contributed by atoms with Gasteiger partial charge in [0.1, 0.15) is 4.21 Å². The minimum atomic E-state index is -3.64. The third kappa shape index (κ3) is 4.12. The maximum atomic E-state index is 12.7. The van der Waals surface area contributed by atoms with Crippen LogP contribution in [0.15, 0.2) is 58.8 Å². The molecule has 3 rings (SSSR count). The van der Waals surface area contributed by atoms with E-state index in [0.717, 1.165) is 32.5 Å². The number of nitrogens with one attached hydrogen (secondary N) is 2. The molecule has 0 aliphatic carbocycles. The molecule has 0 saturated carbocycles. The van der Waals surface area contributed by atoms with Crippen molar-refractivity contribution in [3.05, 3.63) is 65.0 Å². The zero-order chi connectivity index (χ0) is 18.7. The van der Waals surface area contributed by atoms with E-state index in [2.05, 4.69) is 10.0 Å². The molecule has 5 nitrogen and oxygen atoms in total. The summed E-state index contributed by atoms with van der Waals surface area (Å²) in [5, 5.41) is 4.77. The van der Waals surface area contributed by atoms with Crippen molar-refractivity contribution in [3.63, 3.8) is 0 Å². The summed E-state index contributed by atoms with van der Waals surface area (Å²) >= 11 is 1.16. The highest BCUT2D eigenvalue weighted by Gasteiger charge is 2.21. The largest absolute Gasteiger partial charge is 0.351 e. The van der Waals surface area contributed by atoms with Gasteiger partial charge in [0, 0.05) is 17.8 Å². The lowest BCUT2D eigenvalue weighted by Crippen LogP contribution is -2.26. The van der Waals surface area contributed by atoms with Gasteiger partial charge in [0.05, 0.1) is 6.54 Å². The number of thiophene rings is 1. The van der Waals surface area contributed by atoms with Crippen LogP contribution in [0.1, 0.15) is 30.3 Å². The van der Waals surface area contributed by atoms with Crippen LogP contribution in [0.25, 0.3) is 10.8 Å². The number of fused-ring (bicyclic) bond motifs is 1. The Hall–Kier alpha value is -2.22. The smallest absolute Gasteiger partial charge is 0.250 e. The Kier molecular flexibility index (Phi) is 5.41. The number of amides is 1. The normalized spacial score (nSPS) is 12.8. The Balaban J connectivity index is 1.81. The summed E-state index contributed by atoms with van der Waals surface area (Å²) in [6.45, 7) is 3.60. The van der Waals surface area contributed by atoms with Crippen molar-refractivity contribution in [1.82, 2.24) is 10.0 Å². The lowest BCUT2D eigenvalue weighted by atomic mass is 10.0. The summed E-state index contributed by atoms with van der Waals surface area (Å²) in [5.74, 6) is -0.148. The highest BCUT2D eigenvalue weighted by molar-refractivity contribution is 7.91. The molecule has 2 aromatic carbocycles. The van der Waals surface area contributed by atoms with Crippen molar-refractivity contribution in [2.24, 2.45) is 0 Å². The van der Waals surface area contributed by atoms with Crippen LogP contribution in [0.5, 0.6) is 0 Å². The standard InChI is InChI=1S/C19H20N2O3S2/c1-13(17-9-5-7-15-6-3-4-8-18(15)17)21-26(23,24)19-11-10-16(25-19)12-20-14(2)22/h3-11,13,21H,12H2,1-2H3,(H,20,22). The highest BCUT2D eigenvalue weighted by atomic mass is 32.2. The third-order valence-electron chi connectivity index (χ3n) is 4.04. The molecule has 136 valence electrons. The molecule has 0 fully saturated rings. The van der Waals surface area contributed by atoms with Crippen molar-refractivity contribution < 1.29 is 13.2 Å². The van der Waals surface area contributed by atoms with Gasteiger partial charge in [-0.05, 0) is 35.4 Å². The summed E-state index contributed by atoms with van der Waals surface area (Å²) in [4.78, 5) is 11.8. The van der Waals surface area contributed by atoms with Crippen molar-refractivity contribution in [1.29, 1.82) is 0 Å². The zero-order valence-electron chi connectivity index (χ0n) is 14.5. The van der Waals surface area contributed by atoms with Crippen LogP contribution in [0.2, 0.25) is 0 Å². The zero-order valence-corrected chi connectivity index (χ0v) is 16.2. The lowest BCUT2D eigenvalue weighted by molar-refractivity contribution is -0.119. The quantitative estimate of drug-likeness (QED) is 0.678. The predicted molar refractivity (Wildman–Crippen MR) is 105 cm³/mol. The van der Waals surface area contributed by atoms with E-state index >= 15 is 0 Å². The van der Waals surface area contributed by atoms with Crippen LogP contribution in [-0.4, -0.2) is 14.3 Å². The minimum Gasteiger partial charge on any atom is -0.351 e. The first-order valence-electron chi connectivity index (χ1n) is 8.20. The molecule has 7 heteroatoms. The summed E-state index contributed by atoms with van der Waals surface area (Å²) < 4.78 is 28.4. The maximum Gasteiger partial charge on any atom is 0.250 e. The Labute approximate surface area is 157 Å². The molecule has 2 N–H and O–H groups in total. The molecule has 1 amide bonds. The molecule has 0 saturated heterocycles. The number of hydrogen-bond donors (Lipinski definition) is 2. The molecule has 0 aliphatic rings. The number of sulfonamides is 1. The van der Waals surface area contributed by atoms with Crippen molar-refractivity contribution in [3.8, 4) is 0 Å². The van der Waals surface area contributed by atoms with E-state index in [4.69, 9.17) is 0 Å². The molecule has 26 heavy (non-hydrogen) atoms. The molecule has 1 unspecified atom stereocenters. The molecular weight excluding hydrogens is 368 g/mol. The van der Waals surface area contributed by atoms with Crippen molar-refractivity contribution in [2.75, 3.05) is 0 Å². The number of carbonyl (C=O) groups excluding carboxylic acids is 1. The van der Waals surface area contributed by atoms with Gasteiger partial charge in [0.15, 0.2) is 0 Å². The molecule has 0 aliphatic heterocycles. The van der Waals surface area contributed by atoms with Crippen LogP contribution in [0.3, 0.4) is 0 Å². The van der Waals surface area contributed by atoms with Gasteiger partial charge in [-0.15, -0.1) is 11.3 Å². The van der Waals surface area contributed by atoms with Gasteiger partial charge in [-0.1, -0.05) is 42.5 Å². The number of rotatable bonds is 6. The number of carbonyl (C=O) groups is 1. The monoisotopic (exact) mass is 388 g/mol. The lowest BCUT2D eigenvalue weighted by Gasteiger charge is -2.16. The average Bonchev–Trinajstić information content (AvgIpc) is 3.09. The Morgan fingerprint density at radius 3 is 2.58 bits per heavy atom. The van der Waals surface area contributed by atoms with E-state index in [0.29, 0.717) is 6.54 Å². The first kappa shape index (κ1) is 18.6. The Morgan fingerprint density at radius 2 is 1.81 bits per heavy atom. The average molecular weight is 389 g/mol. The molecular formula is C19H20N2O3S2. The summed E-state index contributed by atoms with van der Waals surface area (Å²) in [7, 11) is -3.64. The molecule has 0 radical (unpaired) electrons. The van der Waals surface area contributed by atoms with Gasteiger partial charge in [-0.25, -0.2) is 13.1 Å². The summed E-state index contributed by atoms with van der Waals surface area (Å²) in [6.07, 6.45) is 0. The van der Waals surface area contributed by atoms with Crippen LogP contribution >= 0.6 is 11.3 Å². The predicted octanol–water partition coefficient (Wildman–Crippen LogP) is 3.58. The fraction of sp³-hybridized carbons (Fsp3) is 0.211. The second kappa shape index (κ2) is 7.57. The maximum absolute atomic E-state index is 12.7. The molecule has 0 bridgehead atoms. The minimum absolute atomic E-state index is 0.148. The number of benzene rings is 2. The van der Waals surface area contributed by atoms with Crippen LogP contribution in [0.4, 0.5) is 0 Å². The summed E-state index contributed by atoms with van der Waals surface area (Å²) in [5.41, 5.74) is 0.932. The van der Waals surface area contributed by atoms with E-state index in [-0.39, 0.29) is 16.2 Å². The van der Waals surface area contributed by atoms with E-state index in [1.54, 1.807) is 12.1 Å². The molecule has 1 aromatic heterocycles.